The van der Waals surface area contributed by atoms with Gasteiger partial charge in [-0.25, -0.2) is 0 Å². The summed E-state index contributed by atoms with van der Waals surface area (Å²) in [7, 11) is 0. The van der Waals surface area contributed by atoms with E-state index in [1.807, 2.05) is 5.32 Å². The summed E-state index contributed by atoms with van der Waals surface area (Å²) in [5, 5.41) is 12.8. The maximum Gasteiger partial charge on any atom is 0.159 e. The van der Waals surface area contributed by atoms with Crippen molar-refractivity contribution >= 4 is 17.7 Å². The van der Waals surface area contributed by atoms with Crippen LogP contribution < -0.4 is 10.4 Å². The Morgan fingerprint density at radius 1 is 1.41 bits per heavy atom. The van der Waals surface area contributed by atoms with Crippen molar-refractivity contribution in [2.45, 2.75) is 31.2 Å². The van der Waals surface area contributed by atoms with E-state index in [2.05, 4.69) is 38.1 Å². The van der Waals surface area contributed by atoms with Gasteiger partial charge in [0, 0.05) is 5.56 Å². The molecule has 1 aromatic rings. The Labute approximate surface area is 106 Å². The van der Waals surface area contributed by atoms with Crippen molar-refractivity contribution in [3.8, 4) is 0 Å². The minimum Gasteiger partial charge on any atom is -0.544 e. The van der Waals surface area contributed by atoms with E-state index >= 15 is 0 Å². The number of carbonyl (C=O) groups is 1. The van der Waals surface area contributed by atoms with Crippen LogP contribution in [0.2, 0.25) is 0 Å². The highest BCUT2D eigenvalue weighted by molar-refractivity contribution is 7.99. The Morgan fingerprint density at radius 3 is 2.53 bits per heavy atom. The van der Waals surface area contributed by atoms with Crippen LogP contribution in [0.1, 0.15) is 36.3 Å². The van der Waals surface area contributed by atoms with E-state index in [1.54, 1.807) is 11.8 Å². The van der Waals surface area contributed by atoms with Gasteiger partial charge in [-0.15, -0.1) is 0 Å². The molecule has 1 aromatic carbocycles. The molecule has 1 fully saturated rings. The summed E-state index contributed by atoms with van der Waals surface area (Å²) in [4.78, 5) is 10.8. The van der Waals surface area contributed by atoms with Crippen molar-refractivity contribution in [2.24, 2.45) is 0 Å². The number of nitrogens with two attached hydrogens (primary N) is 1. The van der Waals surface area contributed by atoms with Crippen molar-refractivity contribution in [1.82, 2.24) is 0 Å². The highest BCUT2D eigenvalue weighted by Crippen LogP contribution is 2.27. The number of carbonyl (C=O) groups excluding carboxylic acids is 1. The molecule has 0 aliphatic carbocycles. The number of hydrogen-bond acceptors (Lipinski definition) is 3. The normalized spacial score (nSPS) is 24.2. The number of rotatable bonds is 3. The summed E-state index contributed by atoms with van der Waals surface area (Å²) in [6.07, 6.45) is 0. The van der Waals surface area contributed by atoms with Crippen molar-refractivity contribution in [3.63, 3.8) is 0 Å². The number of benzene rings is 1. The van der Waals surface area contributed by atoms with Crippen LogP contribution in [-0.4, -0.2) is 17.8 Å². The molecule has 0 bridgehead atoms. The Morgan fingerprint density at radius 2 is 2.06 bits per heavy atom. The molecule has 17 heavy (non-hydrogen) atoms. The molecule has 4 heteroatoms. The monoisotopic (exact) mass is 251 g/mol. The molecule has 92 valence electrons. The van der Waals surface area contributed by atoms with Gasteiger partial charge in [0.15, 0.2) is 5.37 Å². The summed E-state index contributed by atoms with van der Waals surface area (Å²) in [6.45, 7) is 4.33. The fraction of sp³-hybridized carbons (Fsp3) is 0.462. The first-order chi connectivity index (χ1) is 8.08. The lowest BCUT2D eigenvalue weighted by atomic mass is 10.0. The molecule has 2 rings (SSSR count). The van der Waals surface area contributed by atoms with Gasteiger partial charge >= 0.3 is 0 Å². The highest BCUT2D eigenvalue weighted by atomic mass is 32.2. The summed E-state index contributed by atoms with van der Waals surface area (Å²) in [6, 6.07) is 8.04. The zero-order valence-corrected chi connectivity index (χ0v) is 10.9. The van der Waals surface area contributed by atoms with Gasteiger partial charge in [-0.05, 0) is 11.5 Å². The molecular weight excluding hydrogens is 234 g/mol. The average Bonchev–Trinajstić information content (AvgIpc) is 2.78. The van der Waals surface area contributed by atoms with Crippen LogP contribution in [0.4, 0.5) is 0 Å². The Hall–Kier alpha value is -1.00. The van der Waals surface area contributed by atoms with Crippen LogP contribution >= 0.6 is 11.8 Å². The van der Waals surface area contributed by atoms with Crippen molar-refractivity contribution in [3.05, 3.63) is 35.4 Å². The van der Waals surface area contributed by atoms with Crippen molar-refractivity contribution in [2.75, 3.05) is 5.75 Å². The molecule has 0 amide bonds. The maximum absolute atomic E-state index is 10.8. The molecular formula is C13H17NO2S. The number of carboxylic acid groups (broad SMARTS) is 1. The van der Waals surface area contributed by atoms with Gasteiger partial charge in [-0.3, -0.25) is 0 Å². The molecule has 0 saturated carbocycles. The van der Waals surface area contributed by atoms with E-state index in [0.717, 1.165) is 0 Å². The summed E-state index contributed by atoms with van der Waals surface area (Å²) in [5.41, 5.74) is 2.50. The number of thioether (sulfide) groups is 1. The van der Waals surface area contributed by atoms with Crippen LogP contribution in [0.25, 0.3) is 0 Å². The van der Waals surface area contributed by atoms with Crippen LogP contribution in [0.3, 0.4) is 0 Å². The van der Waals surface area contributed by atoms with Gasteiger partial charge in [0.2, 0.25) is 0 Å². The van der Waals surface area contributed by atoms with E-state index in [9.17, 15) is 9.90 Å². The van der Waals surface area contributed by atoms with E-state index in [0.29, 0.717) is 11.7 Å². The molecule has 1 aliphatic rings. The molecule has 2 atom stereocenters. The third-order valence-corrected chi connectivity index (χ3v) is 4.44. The number of aliphatic carboxylic acids is 1. The second-order valence-corrected chi connectivity index (χ2v) is 5.87. The maximum atomic E-state index is 10.8. The molecule has 2 N–H and O–H groups in total. The Balaban J connectivity index is 2.06. The van der Waals surface area contributed by atoms with Gasteiger partial charge in [-0.2, -0.15) is 0 Å². The molecule has 0 unspecified atom stereocenters. The van der Waals surface area contributed by atoms with E-state index in [-0.39, 0.29) is 5.37 Å². The predicted molar refractivity (Wildman–Crippen MR) is 66.5 cm³/mol. The lowest BCUT2D eigenvalue weighted by molar-refractivity contribution is -0.690. The molecule has 0 radical (unpaired) electrons. The van der Waals surface area contributed by atoms with Crippen molar-refractivity contribution < 1.29 is 15.2 Å². The number of carboxylic acids is 1. The second-order valence-electron chi connectivity index (χ2n) is 4.69. The predicted octanol–water partition coefficient (Wildman–Crippen LogP) is 0.237. The number of hydrogen-bond donors (Lipinski definition) is 1. The van der Waals surface area contributed by atoms with E-state index < -0.39 is 12.0 Å². The van der Waals surface area contributed by atoms with Crippen LogP contribution in [0.15, 0.2) is 24.3 Å². The van der Waals surface area contributed by atoms with Gasteiger partial charge < -0.3 is 15.2 Å². The first-order valence-electron chi connectivity index (χ1n) is 5.85. The van der Waals surface area contributed by atoms with Crippen molar-refractivity contribution in [1.29, 1.82) is 0 Å². The van der Waals surface area contributed by atoms with E-state index in [4.69, 9.17) is 0 Å². The highest BCUT2D eigenvalue weighted by Gasteiger charge is 2.30. The van der Waals surface area contributed by atoms with Crippen LogP contribution in [-0.2, 0) is 4.79 Å². The fourth-order valence-electron chi connectivity index (χ4n) is 1.95. The zero-order valence-electron chi connectivity index (χ0n) is 10.1. The number of quaternary nitrogens is 1. The topological polar surface area (TPSA) is 56.7 Å². The lowest BCUT2D eigenvalue weighted by Crippen LogP contribution is -2.90. The lowest BCUT2D eigenvalue weighted by Gasteiger charge is -2.12. The largest absolute Gasteiger partial charge is 0.544 e. The smallest absolute Gasteiger partial charge is 0.159 e. The zero-order chi connectivity index (χ0) is 12.4. The summed E-state index contributed by atoms with van der Waals surface area (Å²) in [5.74, 6) is 0.192. The third kappa shape index (κ3) is 2.82. The van der Waals surface area contributed by atoms with Gasteiger partial charge in [0.05, 0.1) is 5.75 Å². The Kier molecular flexibility index (Phi) is 3.74. The first-order valence-corrected chi connectivity index (χ1v) is 6.90. The fourth-order valence-corrected chi connectivity index (χ4v) is 3.27. The third-order valence-electron chi connectivity index (χ3n) is 3.10. The first kappa shape index (κ1) is 12.5. The second kappa shape index (κ2) is 5.10. The average molecular weight is 251 g/mol. The van der Waals surface area contributed by atoms with Crippen LogP contribution in [0.5, 0.6) is 0 Å². The Bertz CT molecular complexity index is 402. The standard InChI is InChI=1S/C13H17NO2S/c1-8(2)9-3-5-10(6-4-9)12-14-11(7-17-12)13(15)16/h3-6,8,11-12,14H,7H2,1-2H3,(H,15,16)/t11-,12+/m1/s1. The summed E-state index contributed by atoms with van der Waals surface area (Å²) < 4.78 is 0. The van der Waals surface area contributed by atoms with Gasteiger partial charge in [0.25, 0.3) is 0 Å². The van der Waals surface area contributed by atoms with Crippen LogP contribution in [0, 0.1) is 0 Å². The SMILES string of the molecule is CC(C)c1ccc([C@H]2[NH2+][C@@H](C(=O)[O-])CS2)cc1. The minimum atomic E-state index is -0.959. The van der Waals surface area contributed by atoms with E-state index in [1.165, 1.54) is 11.1 Å². The quantitative estimate of drug-likeness (QED) is 0.837. The van der Waals surface area contributed by atoms with Gasteiger partial charge in [0.1, 0.15) is 12.0 Å². The minimum absolute atomic E-state index is 0.194. The van der Waals surface area contributed by atoms with Gasteiger partial charge in [-0.1, -0.05) is 49.9 Å². The molecule has 0 aromatic heterocycles. The molecule has 0 spiro atoms. The molecule has 1 aliphatic heterocycles. The molecule has 3 nitrogen and oxygen atoms in total. The molecule has 1 saturated heterocycles. The molecule has 1 heterocycles. The summed E-state index contributed by atoms with van der Waals surface area (Å²) >= 11 is 1.67.